The van der Waals surface area contributed by atoms with Crippen molar-refractivity contribution in [2.75, 3.05) is 26.4 Å². The van der Waals surface area contributed by atoms with Crippen LogP contribution in [0, 0.1) is 0 Å². The van der Waals surface area contributed by atoms with E-state index in [2.05, 4.69) is 10.2 Å². The molecule has 0 aliphatic carbocycles. The minimum Gasteiger partial charge on any atom is -0.508 e. The van der Waals surface area contributed by atoms with Crippen LogP contribution in [-0.4, -0.2) is 52.9 Å². The molecule has 26 heavy (non-hydrogen) atoms. The van der Waals surface area contributed by atoms with Gasteiger partial charge < -0.3 is 25.2 Å². The Morgan fingerprint density at radius 3 is 2.77 bits per heavy atom. The first-order valence-electron chi connectivity index (χ1n) is 8.63. The lowest BCUT2D eigenvalue weighted by Gasteiger charge is -2.45. The van der Waals surface area contributed by atoms with E-state index in [1.165, 1.54) is 6.07 Å². The molecule has 3 N–H and O–H groups in total. The molecule has 140 valence electrons. The van der Waals surface area contributed by atoms with Gasteiger partial charge in [0.2, 0.25) is 5.91 Å². The molecule has 3 rings (SSSR count). The van der Waals surface area contributed by atoms with E-state index in [0.29, 0.717) is 36.0 Å². The van der Waals surface area contributed by atoms with Crippen LogP contribution in [0.4, 0.5) is 0 Å². The minimum atomic E-state index is -0.298. The number of benzene rings is 1. The lowest BCUT2D eigenvalue weighted by molar-refractivity contribution is -0.119. The molecule has 0 unspecified atom stereocenters. The SMILES string of the molecule is O=C(Cc1cc(Cl)ccc1O)NC1=CCN(C2(CO)CCOCC2)C=C1. The fourth-order valence-electron chi connectivity index (χ4n) is 3.30. The van der Waals surface area contributed by atoms with E-state index in [0.717, 1.165) is 12.8 Å². The molecule has 1 aromatic carbocycles. The number of phenols is 1. The molecule has 1 amide bonds. The van der Waals surface area contributed by atoms with Gasteiger partial charge in [-0.05, 0) is 43.2 Å². The van der Waals surface area contributed by atoms with Crippen molar-refractivity contribution in [1.29, 1.82) is 0 Å². The summed E-state index contributed by atoms with van der Waals surface area (Å²) in [6.45, 7) is 1.96. The third-order valence-electron chi connectivity index (χ3n) is 4.95. The second-order valence-corrected chi connectivity index (χ2v) is 7.06. The van der Waals surface area contributed by atoms with Gasteiger partial charge in [0.15, 0.2) is 0 Å². The van der Waals surface area contributed by atoms with Crippen LogP contribution in [0.5, 0.6) is 5.75 Å². The van der Waals surface area contributed by atoms with Crippen molar-refractivity contribution in [3.8, 4) is 5.75 Å². The number of allylic oxidation sites excluding steroid dienone is 1. The summed E-state index contributed by atoms with van der Waals surface area (Å²) in [5.41, 5.74) is 0.888. The van der Waals surface area contributed by atoms with E-state index in [4.69, 9.17) is 16.3 Å². The first-order chi connectivity index (χ1) is 12.5. The summed E-state index contributed by atoms with van der Waals surface area (Å²) < 4.78 is 5.40. The number of halogens is 1. The summed E-state index contributed by atoms with van der Waals surface area (Å²) in [4.78, 5) is 14.3. The number of aromatic hydroxyl groups is 1. The highest BCUT2D eigenvalue weighted by Crippen LogP contribution is 2.29. The molecule has 2 aliphatic rings. The standard InChI is InChI=1S/C19H23ClN2O4/c20-15-1-2-17(24)14(11-15)12-18(25)21-16-3-7-22(8-4-16)19(13-23)5-9-26-10-6-19/h1-4,7,11,23-24H,5-6,8-10,12-13H2,(H,21,25). The van der Waals surface area contributed by atoms with E-state index in [1.807, 2.05) is 18.4 Å². The summed E-state index contributed by atoms with van der Waals surface area (Å²) in [5.74, 6) is -0.178. The number of carbonyl (C=O) groups is 1. The number of hydrogen-bond acceptors (Lipinski definition) is 5. The molecule has 0 bridgehead atoms. The molecule has 1 fully saturated rings. The van der Waals surface area contributed by atoms with Crippen LogP contribution in [0.1, 0.15) is 18.4 Å². The highest BCUT2D eigenvalue weighted by atomic mass is 35.5. The number of rotatable bonds is 5. The van der Waals surface area contributed by atoms with E-state index in [9.17, 15) is 15.0 Å². The predicted octanol–water partition coefficient (Wildman–Crippen LogP) is 1.96. The zero-order valence-corrected chi connectivity index (χ0v) is 15.2. The molecule has 2 heterocycles. The van der Waals surface area contributed by atoms with Crippen LogP contribution in [0.3, 0.4) is 0 Å². The molecular formula is C19H23ClN2O4. The summed E-state index contributed by atoms with van der Waals surface area (Å²) in [6, 6.07) is 4.64. The minimum absolute atomic E-state index is 0.0409. The normalized spacial score (nSPS) is 19.2. The van der Waals surface area contributed by atoms with Crippen molar-refractivity contribution in [1.82, 2.24) is 10.2 Å². The predicted molar refractivity (Wildman–Crippen MR) is 98.8 cm³/mol. The van der Waals surface area contributed by atoms with Gasteiger partial charge in [-0.2, -0.15) is 0 Å². The first-order valence-corrected chi connectivity index (χ1v) is 9.01. The second kappa shape index (κ2) is 8.12. The van der Waals surface area contributed by atoms with Gasteiger partial charge in [-0.1, -0.05) is 11.6 Å². The van der Waals surface area contributed by atoms with Crippen LogP contribution < -0.4 is 5.32 Å². The fraction of sp³-hybridized carbons (Fsp3) is 0.421. The number of carbonyl (C=O) groups excluding carboxylic acids is 1. The van der Waals surface area contributed by atoms with Gasteiger partial charge in [0, 0.05) is 42.2 Å². The third-order valence-corrected chi connectivity index (χ3v) is 5.18. The van der Waals surface area contributed by atoms with Gasteiger partial charge >= 0.3 is 0 Å². The maximum absolute atomic E-state index is 12.2. The molecule has 0 radical (unpaired) electrons. The molecule has 0 atom stereocenters. The average Bonchev–Trinajstić information content (AvgIpc) is 2.66. The van der Waals surface area contributed by atoms with Crippen LogP contribution in [-0.2, 0) is 16.0 Å². The second-order valence-electron chi connectivity index (χ2n) is 6.62. The highest BCUT2D eigenvalue weighted by molar-refractivity contribution is 6.30. The number of nitrogens with zero attached hydrogens (tertiary/aromatic N) is 1. The van der Waals surface area contributed by atoms with Gasteiger partial charge in [0.05, 0.1) is 18.6 Å². The molecule has 0 aromatic heterocycles. The average molecular weight is 379 g/mol. The Bertz CT molecular complexity index is 726. The molecule has 0 saturated carbocycles. The van der Waals surface area contributed by atoms with Gasteiger partial charge in [0.25, 0.3) is 0 Å². The van der Waals surface area contributed by atoms with Gasteiger partial charge in [-0.15, -0.1) is 0 Å². The monoisotopic (exact) mass is 378 g/mol. The number of phenolic OH excluding ortho intramolecular Hbond substituents is 1. The maximum Gasteiger partial charge on any atom is 0.228 e. The van der Waals surface area contributed by atoms with Gasteiger partial charge in [0.1, 0.15) is 5.75 Å². The number of aliphatic hydroxyl groups excluding tert-OH is 1. The van der Waals surface area contributed by atoms with E-state index in [1.54, 1.807) is 12.1 Å². The van der Waals surface area contributed by atoms with Crippen molar-refractivity contribution < 1.29 is 19.7 Å². The summed E-state index contributed by atoms with van der Waals surface area (Å²) in [7, 11) is 0. The van der Waals surface area contributed by atoms with Gasteiger partial charge in [-0.25, -0.2) is 0 Å². The van der Waals surface area contributed by atoms with Crippen LogP contribution in [0.2, 0.25) is 5.02 Å². The van der Waals surface area contributed by atoms with E-state index in [-0.39, 0.29) is 30.2 Å². The van der Waals surface area contributed by atoms with Crippen LogP contribution in [0.15, 0.2) is 42.2 Å². The topological polar surface area (TPSA) is 82.0 Å². The fourth-order valence-corrected chi connectivity index (χ4v) is 3.50. The Hall–Kier alpha value is -2.02. The van der Waals surface area contributed by atoms with Crippen molar-refractivity contribution in [2.24, 2.45) is 0 Å². The first kappa shape index (κ1) is 18.8. The van der Waals surface area contributed by atoms with Crippen molar-refractivity contribution in [2.45, 2.75) is 24.8 Å². The summed E-state index contributed by atoms with van der Waals surface area (Å²) in [6.07, 6.45) is 7.25. The number of aliphatic hydroxyl groups is 1. The zero-order chi connectivity index (χ0) is 18.6. The number of nitrogens with one attached hydrogen (secondary N) is 1. The Kier molecular flexibility index (Phi) is 5.86. The Labute approximate surface area is 157 Å². The Morgan fingerprint density at radius 2 is 2.12 bits per heavy atom. The maximum atomic E-state index is 12.2. The van der Waals surface area contributed by atoms with Crippen molar-refractivity contribution in [3.63, 3.8) is 0 Å². The Morgan fingerprint density at radius 1 is 1.35 bits per heavy atom. The number of hydrogen-bond donors (Lipinski definition) is 3. The third kappa shape index (κ3) is 4.20. The highest BCUT2D eigenvalue weighted by Gasteiger charge is 2.36. The summed E-state index contributed by atoms with van der Waals surface area (Å²) in [5, 5.41) is 23.0. The van der Waals surface area contributed by atoms with Crippen molar-refractivity contribution >= 4 is 17.5 Å². The molecule has 1 aromatic rings. The quantitative estimate of drug-likeness (QED) is 0.729. The largest absolute Gasteiger partial charge is 0.508 e. The number of amides is 1. The lowest BCUT2D eigenvalue weighted by atomic mass is 9.88. The molecule has 7 heteroatoms. The van der Waals surface area contributed by atoms with Crippen molar-refractivity contribution in [3.05, 3.63) is 52.8 Å². The van der Waals surface area contributed by atoms with Crippen LogP contribution in [0.25, 0.3) is 0 Å². The molecule has 6 nitrogen and oxygen atoms in total. The molecule has 2 aliphatic heterocycles. The zero-order valence-electron chi connectivity index (χ0n) is 14.4. The Balaban J connectivity index is 1.58. The molecule has 1 saturated heterocycles. The smallest absolute Gasteiger partial charge is 0.228 e. The lowest BCUT2D eigenvalue weighted by Crippen LogP contribution is -2.53. The number of ether oxygens (including phenoxy) is 1. The molecule has 0 spiro atoms. The van der Waals surface area contributed by atoms with E-state index < -0.39 is 0 Å². The van der Waals surface area contributed by atoms with Crippen LogP contribution >= 0.6 is 11.6 Å². The summed E-state index contributed by atoms with van der Waals surface area (Å²) >= 11 is 5.91. The van der Waals surface area contributed by atoms with E-state index >= 15 is 0 Å². The van der Waals surface area contributed by atoms with Gasteiger partial charge in [-0.3, -0.25) is 4.79 Å². The molecular weight excluding hydrogens is 356 g/mol.